The highest BCUT2D eigenvalue weighted by Crippen LogP contribution is 2.27. The minimum atomic E-state index is -0.0575. The number of esters is 1. The van der Waals surface area contributed by atoms with E-state index >= 15 is 0 Å². The fourth-order valence-electron chi connectivity index (χ4n) is 2.00. The first-order chi connectivity index (χ1) is 6.77. The Morgan fingerprint density at radius 3 is 2.86 bits per heavy atom. The number of ether oxygens (including phenoxy) is 2. The summed E-state index contributed by atoms with van der Waals surface area (Å²) in [7, 11) is 0. The van der Waals surface area contributed by atoms with E-state index in [1.165, 1.54) is 0 Å². The molecule has 14 heavy (non-hydrogen) atoms. The molecule has 1 saturated heterocycles. The van der Waals surface area contributed by atoms with Gasteiger partial charge in [0, 0.05) is 19.6 Å². The first-order valence-corrected chi connectivity index (χ1v) is 5.51. The van der Waals surface area contributed by atoms with Gasteiger partial charge < -0.3 is 9.47 Å². The van der Waals surface area contributed by atoms with Gasteiger partial charge in [-0.1, -0.05) is 13.3 Å². The van der Waals surface area contributed by atoms with Gasteiger partial charge in [-0.05, 0) is 25.2 Å². The zero-order chi connectivity index (χ0) is 10.4. The summed E-state index contributed by atoms with van der Waals surface area (Å²) in [5, 5.41) is 0. The van der Waals surface area contributed by atoms with Crippen LogP contribution in [0.25, 0.3) is 0 Å². The fraction of sp³-hybridized carbons (Fsp3) is 0.909. The number of hydrogen-bond acceptors (Lipinski definition) is 3. The zero-order valence-corrected chi connectivity index (χ0v) is 9.12. The van der Waals surface area contributed by atoms with Crippen LogP contribution in [0.3, 0.4) is 0 Å². The third-order valence-corrected chi connectivity index (χ3v) is 2.89. The van der Waals surface area contributed by atoms with Crippen molar-refractivity contribution in [1.82, 2.24) is 0 Å². The molecular formula is C11H20O3. The topological polar surface area (TPSA) is 35.5 Å². The van der Waals surface area contributed by atoms with Gasteiger partial charge in [-0.2, -0.15) is 0 Å². The van der Waals surface area contributed by atoms with Crippen LogP contribution < -0.4 is 0 Å². The van der Waals surface area contributed by atoms with Crippen molar-refractivity contribution in [2.45, 2.75) is 33.1 Å². The molecule has 0 bridgehead atoms. The predicted octanol–water partition coefficient (Wildman–Crippen LogP) is 2.00. The first kappa shape index (κ1) is 11.5. The maximum atomic E-state index is 11.3. The third kappa shape index (κ3) is 3.29. The molecule has 0 aromatic heterocycles. The van der Waals surface area contributed by atoms with Crippen LogP contribution >= 0.6 is 0 Å². The molecule has 3 heteroatoms. The van der Waals surface area contributed by atoms with Crippen molar-refractivity contribution in [2.24, 2.45) is 11.8 Å². The van der Waals surface area contributed by atoms with Gasteiger partial charge in [0.05, 0.1) is 6.61 Å². The SMILES string of the molecule is CCOC(=O)CC1CCOCC1CC. The van der Waals surface area contributed by atoms with Crippen molar-refractivity contribution in [3.8, 4) is 0 Å². The molecule has 0 amide bonds. The van der Waals surface area contributed by atoms with E-state index in [-0.39, 0.29) is 5.97 Å². The van der Waals surface area contributed by atoms with Gasteiger partial charge in [-0.15, -0.1) is 0 Å². The van der Waals surface area contributed by atoms with Crippen molar-refractivity contribution in [3.63, 3.8) is 0 Å². The van der Waals surface area contributed by atoms with Crippen molar-refractivity contribution >= 4 is 5.97 Å². The summed E-state index contributed by atoms with van der Waals surface area (Å²) in [6, 6.07) is 0. The van der Waals surface area contributed by atoms with Crippen molar-refractivity contribution in [1.29, 1.82) is 0 Å². The van der Waals surface area contributed by atoms with Crippen LogP contribution in [-0.4, -0.2) is 25.8 Å². The van der Waals surface area contributed by atoms with Gasteiger partial charge in [-0.25, -0.2) is 0 Å². The Morgan fingerprint density at radius 1 is 1.43 bits per heavy atom. The monoisotopic (exact) mass is 200 g/mol. The predicted molar refractivity (Wildman–Crippen MR) is 54.0 cm³/mol. The zero-order valence-electron chi connectivity index (χ0n) is 9.12. The second kappa shape index (κ2) is 6.02. The van der Waals surface area contributed by atoms with Gasteiger partial charge >= 0.3 is 5.97 Å². The number of carbonyl (C=O) groups excluding carboxylic acids is 1. The van der Waals surface area contributed by atoms with E-state index in [0.717, 1.165) is 26.1 Å². The summed E-state index contributed by atoms with van der Waals surface area (Å²) in [6.07, 6.45) is 2.65. The number of hydrogen-bond donors (Lipinski definition) is 0. The molecule has 2 unspecified atom stereocenters. The minimum Gasteiger partial charge on any atom is -0.466 e. The van der Waals surface area contributed by atoms with Gasteiger partial charge in [0.25, 0.3) is 0 Å². The Morgan fingerprint density at radius 2 is 2.21 bits per heavy atom. The van der Waals surface area contributed by atoms with E-state index in [2.05, 4.69) is 6.92 Å². The van der Waals surface area contributed by atoms with Gasteiger partial charge in [0.1, 0.15) is 0 Å². The molecule has 0 N–H and O–H groups in total. The lowest BCUT2D eigenvalue weighted by Gasteiger charge is -2.30. The Labute approximate surface area is 85.8 Å². The quantitative estimate of drug-likeness (QED) is 0.651. The standard InChI is InChI=1S/C11H20O3/c1-3-9-8-13-6-5-10(9)7-11(12)14-4-2/h9-10H,3-8H2,1-2H3. The van der Waals surface area contributed by atoms with E-state index in [1.807, 2.05) is 6.92 Å². The highest BCUT2D eigenvalue weighted by atomic mass is 16.5. The molecule has 0 saturated carbocycles. The molecule has 1 fully saturated rings. The molecule has 2 atom stereocenters. The second-order valence-corrected chi connectivity index (χ2v) is 3.80. The molecule has 1 rings (SSSR count). The average molecular weight is 200 g/mol. The molecule has 1 heterocycles. The smallest absolute Gasteiger partial charge is 0.306 e. The molecule has 0 aromatic rings. The van der Waals surface area contributed by atoms with Gasteiger partial charge in [0.2, 0.25) is 0 Å². The Hall–Kier alpha value is -0.570. The molecule has 0 aromatic carbocycles. The summed E-state index contributed by atoms with van der Waals surface area (Å²) in [5.41, 5.74) is 0. The van der Waals surface area contributed by atoms with Crippen LogP contribution in [0, 0.1) is 11.8 Å². The summed E-state index contributed by atoms with van der Waals surface area (Å²) in [6.45, 7) is 6.08. The summed E-state index contributed by atoms with van der Waals surface area (Å²) in [5.74, 6) is 0.943. The minimum absolute atomic E-state index is 0.0575. The van der Waals surface area contributed by atoms with E-state index < -0.39 is 0 Å². The average Bonchev–Trinajstić information content (AvgIpc) is 2.19. The first-order valence-electron chi connectivity index (χ1n) is 5.51. The van der Waals surface area contributed by atoms with E-state index in [1.54, 1.807) is 0 Å². The summed E-state index contributed by atoms with van der Waals surface area (Å²) < 4.78 is 10.4. The normalized spacial score (nSPS) is 27.3. The molecule has 1 aliphatic rings. The fourth-order valence-corrected chi connectivity index (χ4v) is 2.00. The van der Waals surface area contributed by atoms with Crippen molar-refractivity contribution in [3.05, 3.63) is 0 Å². The molecular weight excluding hydrogens is 180 g/mol. The van der Waals surface area contributed by atoms with Crippen LogP contribution in [0.2, 0.25) is 0 Å². The maximum Gasteiger partial charge on any atom is 0.306 e. The van der Waals surface area contributed by atoms with Crippen LogP contribution in [0.4, 0.5) is 0 Å². The molecule has 0 spiro atoms. The van der Waals surface area contributed by atoms with Gasteiger partial charge in [-0.3, -0.25) is 4.79 Å². The Balaban J connectivity index is 2.36. The van der Waals surface area contributed by atoms with Crippen molar-refractivity contribution in [2.75, 3.05) is 19.8 Å². The van der Waals surface area contributed by atoms with E-state index in [0.29, 0.717) is 24.9 Å². The van der Waals surface area contributed by atoms with Crippen LogP contribution in [0.15, 0.2) is 0 Å². The Bertz CT molecular complexity index is 179. The molecule has 0 aliphatic carbocycles. The Kier molecular flexibility index (Phi) is 4.94. The highest BCUT2D eigenvalue weighted by molar-refractivity contribution is 5.69. The summed E-state index contributed by atoms with van der Waals surface area (Å²) >= 11 is 0. The van der Waals surface area contributed by atoms with Crippen LogP contribution in [0.1, 0.15) is 33.1 Å². The lowest BCUT2D eigenvalue weighted by molar-refractivity contribution is -0.145. The third-order valence-electron chi connectivity index (χ3n) is 2.89. The molecule has 0 radical (unpaired) electrons. The van der Waals surface area contributed by atoms with E-state index in [4.69, 9.17) is 9.47 Å². The molecule has 1 aliphatic heterocycles. The van der Waals surface area contributed by atoms with Crippen LogP contribution in [0.5, 0.6) is 0 Å². The van der Waals surface area contributed by atoms with E-state index in [9.17, 15) is 4.79 Å². The van der Waals surface area contributed by atoms with Crippen LogP contribution in [-0.2, 0) is 14.3 Å². The molecule has 3 nitrogen and oxygen atoms in total. The maximum absolute atomic E-state index is 11.3. The number of carbonyl (C=O) groups is 1. The second-order valence-electron chi connectivity index (χ2n) is 3.80. The largest absolute Gasteiger partial charge is 0.466 e. The lowest BCUT2D eigenvalue weighted by Crippen LogP contribution is -2.29. The highest BCUT2D eigenvalue weighted by Gasteiger charge is 2.26. The lowest BCUT2D eigenvalue weighted by atomic mass is 9.84. The molecule has 82 valence electrons. The van der Waals surface area contributed by atoms with Crippen molar-refractivity contribution < 1.29 is 14.3 Å². The van der Waals surface area contributed by atoms with Gasteiger partial charge in [0.15, 0.2) is 0 Å². The number of rotatable bonds is 4. The summed E-state index contributed by atoms with van der Waals surface area (Å²) in [4.78, 5) is 11.3.